The number of aliphatic hydroxyl groups excluding tert-OH is 1. The fourth-order valence-corrected chi connectivity index (χ4v) is 2.69. The summed E-state index contributed by atoms with van der Waals surface area (Å²) in [4.78, 5) is 24.1. The Labute approximate surface area is 120 Å². The van der Waals surface area contributed by atoms with Crippen molar-refractivity contribution < 1.29 is 19.8 Å². The smallest absolute Gasteiger partial charge is 0.332 e. The molecule has 0 spiro atoms. The zero-order chi connectivity index (χ0) is 15.2. The average Bonchev–Trinajstić information content (AvgIpc) is 2.46. The molecule has 2 amide bonds. The summed E-state index contributed by atoms with van der Waals surface area (Å²) in [7, 11) is 0. The highest BCUT2D eigenvalue weighted by Gasteiger charge is 2.32. The standard InChI is InChI=1S/C14H26N2O4/c1-3-14(4-2)6-9-16(10-7-14)13(20)15-8-5-11(17)12(18)19/h11,17H,3-10H2,1-2H3,(H,15,20)(H,18,19)/t11-/m0/s1. The van der Waals surface area contributed by atoms with Gasteiger partial charge in [-0.3, -0.25) is 0 Å². The molecule has 116 valence electrons. The number of nitrogens with zero attached hydrogens (tertiary/aromatic N) is 1. The second-order valence-electron chi connectivity index (χ2n) is 5.57. The third kappa shape index (κ3) is 4.37. The van der Waals surface area contributed by atoms with Crippen molar-refractivity contribution in [2.24, 2.45) is 5.41 Å². The molecule has 0 aliphatic carbocycles. The number of likely N-dealkylation sites (tertiary alicyclic amines) is 1. The largest absolute Gasteiger partial charge is 0.479 e. The van der Waals surface area contributed by atoms with Crippen LogP contribution in [0.3, 0.4) is 0 Å². The highest BCUT2D eigenvalue weighted by atomic mass is 16.4. The van der Waals surface area contributed by atoms with E-state index in [0.717, 1.165) is 38.8 Å². The minimum atomic E-state index is -1.41. The molecular formula is C14H26N2O4. The molecule has 1 heterocycles. The van der Waals surface area contributed by atoms with E-state index in [0.29, 0.717) is 5.41 Å². The molecule has 0 aromatic rings. The van der Waals surface area contributed by atoms with E-state index < -0.39 is 12.1 Å². The van der Waals surface area contributed by atoms with Crippen LogP contribution in [0.15, 0.2) is 0 Å². The van der Waals surface area contributed by atoms with Crippen LogP contribution in [0.1, 0.15) is 46.0 Å². The normalized spacial score (nSPS) is 19.4. The van der Waals surface area contributed by atoms with Gasteiger partial charge in [0.25, 0.3) is 0 Å². The third-order valence-corrected chi connectivity index (χ3v) is 4.59. The first-order valence-electron chi connectivity index (χ1n) is 7.38. The summed E-state index contributed by atoms with van der Waals surface area (Å²) < 4.78 is 0. The molecule has 0 aromatic carbocycles. The van der Waals surface area contributed by atoms with Crippen LogP contribution in [0.5, 0.6) is 0 Å². The Morgan fingerprint density at radius 1 is 1.25 bits per heavy atom. The van der Waals surface area contributed by atoms with Crippen molar-refractivity contribution in [1.82, 2.24) is 10.2 Å². The summed E-state index contributed by atoms with van der Waals surface area (Å²) in [5, 5.41) is 20.3. The van der Waals surface area contributed by atoms with E-state index in [-0.39, 0.29) is 19.0 Å². The molecule has 1 fully saturated rings. The van der Waals surface area contributed by atoms with Crippen LogP contribution in [-0.2, 0) is 4.79 Å². The molecule has 1 aliphatic rings. The van der Waals surface area contributed by atoms with Crippen LogP contribution < -0.4 is 5.32 Å². The zero-order valence-corrected chi connectivity index (χ0v) is 12.4. The Kier molecular flexibility index (Phi) is 6.26. The van der Waals surface area contributed by atoms with Crippen LogP contribution >= 0.6 is 0 Å². The lowest BCUT2D eigenvalue weighted by atomic mass is 9.74. The first-order valence-corrected chi connectivity index (χ1v) is 7.38. The molecule has 1 aliphatic heterocycles. The molecule has 0 saturated carbocycles. The van der Waals surface area contributed by atoms with Gasteiger partial charge in [0, 0.05) is 26.1 Å². The van der Waals surface area contributed by atoms with Crippen LogP contribution in [0.2, 0.25) is 0 Å². The van der Waals surface area contributed by atoms with Crippen molar-refractivity contribution in [3.05, 3.63) is 0 Å². The number of hydrogen-bond acceptors (Lipinski definition) is 3. The lowest BCUT2D eigenvalue weighted by molar-refractivity contribution is -0.146. The predicted molar refractivity (Wildman–Crippen MR) is 75.5 cm³/mol. The topological polar surface area (TPSA) is 89.9 Å². The van der Waals surface area contributed by atoms with Crippen molar-refractivity contribution >= 4 is 12.0 Å². The van der Waals surface area contributed by atoms with Gasteiger partial charge in [0.2, 0.25) is 0 Å². The number of carbonyl (C=O) groups is 2. The molecule has 6 heteroatoms. The van der Waals surface area contributed by atoms with Crippen LogP contribution in [-0.4, -0.2) is 52.9 Å². The van der Waals surface area contributed by atoms with Crippen LogP contribution in [0.25, 0.3) is 0 Å². The molecule has 1 atom stereocenters. The van der Waals surface area contributed by atoms with Gasteiger partial charge in [-0.2, -0.15) is 0 Å². The van der Waals surface area contributed by atoms with E-state index in [1.807, 2.05) is 0 Å². The lowest BCUT2D eigenvalue weighted by Gasteiger charge is -2.40. The first kappa shape index (κ1) is 16.8. The Morgan fingerprint density at radius 2 is 1.80 bits per heavy atom. The quantitative estimate of drug-likeness (QED) is 0.689. The molecule has 0 aromatic heterocycles. The van der Waals surface area contributed by atoms with Crippen molar-refractivity contribution in [2.45, 2.75) is 52.1 Å². The highest BCUT2D eigenvalue weighted by Crippen LogP contribution is 2.37. The van der Waals surface area contributed by atoms with Crippen LogP contribution in [0, 0.1) is 5.41 Å². The van der Waals surface area contributed by atoms with Crippen molar-refractivity contribution in [3.8, 4) is 0 Å². The SMILES string of the molecule is CCC1(CC)CCN(C(=O)NCC[C@H](O)C(=O)O)CC1. The van der Waals surface area contributed by atoms with Crippen molar-refractivity contribution in [1.29, 1.82) is 0 Å². The number of urea groups is 1. The Balaban J connectivity index is 2.31. The van der Waals surface area contributed by atoms with Crippen molar-refractivity contribution in [2.75, 3.05) is 19.6 Å². The summed E-state index contributed by atoms with van der Waals surface area (Å²) in [5.41, 5.74) is 0.371. The van der Waals surface area contributed by atoms with Gasteiger partial charge >= 0.3 is 12.0 Å². The number of nitrogens with one attached hydrogen (secondary N) is 1. The molecule has 0 unspecified atom stereocenters. The molecule has 1 rings (SSSR count). The second kappa shape index (κ2) is 7.47. The molecular weight excluding hydrogens is 260 g/mol. The zero-order valence-electron chi connectivity index (χ0n) is 12.4. The number of carboxylic acids is 1. The van der Waals surface area contributed by atoms with E-state index in [9.17, 15) is 9.59 Å². The monoisotopic (exact) mass is 286 g/mol. The van der Waals surface area contributed by atoms with Gasteiger partial charge in [0.15, 0.2) is 6.10 Å². The van der Waals surface area contributed by atoms with Gasteiger partial charge < -0.3 is 20.4 Å². The van der Waals surface area contributed by atoms with Crippen LogP contribution in [0.4, 0.5) is 4.79 Å². The van der Waals surface area contributed by atoms with E-state index in [1.54, 1.807) is 4.90 Å². The van der Waals surface area contributed by atoms with Gasteiger partial charge in [-0.15, -0.1) is 0 Å². The van der Waals surface area contributed by atoms with Gasteiger partial charge in [0.1, 0.15) is 0 Å². The number of hydrogen-bond donors (Lipinski definition) is 3. The number of aliphatic hydroxyl groups is 1. The maximum Gasteiger partial charge on any atom is 0.332 e. The van der Waals surface area contributed by atoms with E-state index in [1.165, 1.54) is 0 Å². The molecule has 20 heavy (non-hydrogen) atoms. The second-order valence-corrected chi connectivity index (χ2v) is 5.57. The Morgan fingerprint density at radius 3 is 2.25 bits per heavy atom. The molecule has 3 N–H and O–H groups in total. The minimum absolute atomic E-state index is 0.0305. The van der Waals surface area contributed by atoms with Crippen molar-refractivity contribution in [3.63, 3.8) is 0 Å². The number of rotatable bonds is 6. The fraction of sp³-hybridized carbons (Fsp3) is 0.857. The highest BCUT2D eigenvalue weighted by molar-refractivity contribution is 5.74. The molecule has 0 radical (unpaired) electrons. The maximum absolute atomic E-state index is 11.9. The summed E-state index contributed by atoms with van der Waals surface area (Å²) in [6.07, 6.45) is 2.94. The molecule has 0 bridgehead atoms. The number of carboxylic acid groups (broad SMARTS) is 1. The first-order chi connectivity index (χ1) is 9.44. The molecule has 6 nitrogen and oxygen atoms in total. The van der Waals surface area contributed by atoms with E-state index in [2.05, 4.69) is 19.2 Å². The summed E-state index contributed by atoms with van der Waals surface area (Å²) in [5.74, 6) is -1.26. The van der Waals surface area contributed by atoms with E-state index >= 15 is 0 Å². The number of carbonyl (C=O) groups excluding carboxylic acids is 1. The summed E-state index contributed by atoms with van der Waals surface area (Å²) in [6.45, 7) is 6.07. The third-order valence-electron chi connectivity index (χ3n) is 4.59. The van der Waals surface area contributed by atoms with Gasteiger partial charge in [-0.05, 0) is 18.3 Å². The lowest BCUT2D eigenvalue weighted by Crippen LogP contribution is -2.47. The fourth-order valence-electron chi connectivity index (χ4n) is 2.69. The van der Waals surface area contributed by atoms with Gasteiger partial charge in [-0.1, -0.05) is 26.7 Å². The number of aliphatic carboxylic acids is 1. The Bertz CT molecular complexity index is 332. The predicted octanol–water partition coefficient (Wildman–Crippen LogP) is 1.43. The summed E-state index contributed by atoms with van der Waals surface area (Å²) in [6, 6.07) is -0.164. The number of piperidine rings is 1. The maximum atomic E-state index is 11.9. The van der Waals surface area contributed by atoms with Gasteiger partial charge in [0.05, 0.1) is 0 Å². The average molecular weight is 286 g/mol. The number of amides is 2. The minimum Gasteiger partial charge on any atom is -0.479 e. The molecule has 1 saturated heterocycles. The summed E-state index contributed by atoms with van der Waals surface area (Å²) >= 11 is 0. The van der Waals surface area contributed by atoms with Gasteiger partial charge in [-0.25, -0.2) is 9.59 Å². The Hall–Kier alpha value is -1.30. The van der Waals surface area contributed by atoms with E-state index in [4.69, 9.17) is 10.2 Å².